The highest BCUT2D eigenvalue weighted by atomic mass is 15.1. The van der Waals surface area contributed by atoms with Crippen LogP contribution in [0, 0.1) is 0 Å². The van der Waals surface area contributed by atoms with Gasteiger partial charge in [-0.2, -0.15) is 0 Å². The van der Waals surface area contributed by atoms with E-state index in [9.17, 15) is 0 Å². The van der Waals surface area contributed by atoms with E-state index in [-0.39, 0.29) is 21.7 Å². The van der Waals surface area contributed by atoms with E-state index in [0.29, 0.717) is 0 Å². The maximum Gasteiger partial charge on any atom is 0.0714 e. The van der Waals surface area contributed by atoms with Crippen LogP contribution in [0.4, 0.5) is 17.1 Å². The molecule has 14 rings (SSSR count). The number of rotatable bonds is 8. The molecule has 1 nitrogen and oxygen atoms in total. The molecule has 3 aliphatic rings. The van der Waals surface area contributed by atoms with Gasteiger partial charge in [-0.15, -0.1) is 0 Å². The first-order valence-corrected chi connectivity index (χ1v) is 29.1. The van der Waals surface area contributed by atoms with Gasteiger partial charge in [-0.25, -0.2) is 0 Å². The van der Waals surface area contributed by atoms with Crippen LogP contribution >= 0.6 is 0 Å². The minimum absolute atomic E-state index is 0.00966. The van der Waals surface area contributed by atoms with E-state index in [1.807, 2.05) is 0 Å². The Hall–Kier alpha value is -8.78. The second kappa shape index (κ2) is 18.4. The molecule has 11 aromatic carbocycles. The van der Waals surface area contributed by atoms with Crippen LogP contribution in [0.1, 0.15) is 124 Å². The molecule has 394 valence electrons. The summed E-state index contributed by atoms with van der Waals surface area (Å²) in [4.78, 5) is 2.56. The summed E-state index contributed by atoms with van der Waals surface area (Å²) in [5, 5.41) is 0. The van der Waals surface area contributed by atoms with E-state index in [4.69, 9.17) is 0 Å². The van der Waals surface area contributed by atoms with Gasteiger partial charge in [0.1, 0.15) is 0 Å². The molecule has 0 aromatic heterocycles. The number of nitrogens with zero attached hydrogens (tertiary/aromatic N) is 1. The summed E-state index contributed by atoms with van der Waals surface area (Å²) in [6.07, 6.45) is 0. The quantitative estimate of drug-likeness (QED) is 0.147. The van der Waals surface area contributed by atoms with Gasteiger partial charge >= 0.3 is 0 Å². The number of anilines is 3. The largest absolute Gasteiger partial charge is 0.310 e. The monoisotopic (exact) mass is 1040 g/mol. The van der Waals surface area contributed by atoms with E-state index in [2.05, 4.69) is 322 Å². The Kier molecular flexibility index (Phi) is 11.4. The SMILES string of the molecule is CC(C)(C)c1ccc(C2(c3ccc(C(C)(C)C)cc3)c3ccccc3-c3c(N(c4ccc(-c5ccccc5-c5cccc6c5C(C)(C)c5ccccc5-6)cc4)c4ccc5c(c4)C(C)(c4ccccc4)c4ccccc4-5)cccc32)cc1. The highest BCUT2D eigenvalue weighted by molar-refractivity contribution is 5.99. The molecule has 11 aromatic rings. The molecule has 3 aliphatic carbocycles. The maximum absolute atomic E-state index is 2.56. The standard InChI is InChI=1S/C80H69N/c1-76(2,3)53-39-43-56(44-40-53)80(57-45-41-54(42-46-57)77(4,5)6)70-34-20-17-29-67(70)74-71(80)35-22-36-73(74)81(59-49-50-64-62-27-16-19-33-69(62)79(9,72(64)51-59)55-23-11-10-12-24-55)58-47-37-52(38-48-58)60-25-13-14-26-61(60)65-30-21-31-66-63-28-15-18-32-68(63)78(7,8)75(65)66/h10-51H,1-9H3. The van der Waals surface area contributed by atoms with Crippen LogP contribution in [-0.2, 0) is 27.1 Å². The first-order valence-electron chi connectivity index (χ1n) is 29.1. The molecule has 0 fully saturated rings. The molecule has 0 amide bonds. The van der Waals surface area contributed by atoms with Gasteiger partial charge in [-0.1, -0.05) is 280 Å². The molecule has 0 saturated carbocycles. The Morgan fingerprint density at radius 1 is 0.309 bits per heavy atom. The van der Waals surface area contributed by atoms with Gasteiger partial charge in [0.2, 0.25) is 0 Å². The van der Waals surface area contributed by atoms with Crippen LogP contribution < -0.4 is 4.90 Å². The Balaban J connectivity index is 0.996. The molecule has 0 radical (unpaired) electrons. The Bertz CT molecular complexity index is 4200. The number of benzene rings is 11. The van der Waals surface area contributed by atoms with E-state index < -0.39 is 5.41 Å². The lowest BCUT2D eigenvalue weighted by molar-refractivity contribution is 0.588. The third-order valence-electron chi connectivity index (χ3n) is 18.8. The van der Waals surface area contributed by atoms with Crippen molar-refractivity contribution in [3.8, 4) is 55.6 Å². The number of hydrogen-bond donors (Lipinski definition) is 0. The average Bonchev–Trinajstić information content (AvgIpc) is 2.78. The van der Waals surface area contributed by atoms with Crippen molar-refractivity contribution >= 4 is 17.1 Å². The van der Waals surface area contributed by atoms with Crippen LogP contribution in [0.3, 0.4) is 0 Å². The lowest BCUT2D eigenvalue weighted by atomic mass is 9.67. The van der Waals surface area contributed by atoms with E-state index in [1.54, 1.807) is 0 Å². The summed E-state index contributed by atoms with van der Waals surface area (Å²) in [5.74, 6) is 0. The van der Waals surface area contributed by atoms with Crippen molar-refractivity contribution in [2.24, 2.45) is 0 Å². The minimum Gasteiger partial charge on any atom is -0.310 e. The van der Waals surface area contributed by atoms with Crippen molar-refractivity contribution in [3.63, 3.8) is 0 Å². The normalized spacial score (nSPS) is 16.0. The molecule has 0 saturated heterocycles. The first-order chi connectivity index (χ1) is 39.1. The van der Waals surface area contributed by atoms with Crippen molar-refractivity contribution < 1.29 is 0 Å². The van der Waals surface area contributed by atoms with Crippen molar-refractivity contribution in [2.45, 2.75) is 89.4 Å². The van der Waals surface area contributed by atoms with Gasteiger partial charge in [0.15, 0.2) is 0 Å². The minimum atomic E-state index is -0.604. The molecular weight excluding hydrogens is 975 g/mol. The lowest BCUT2D eigenvalue weighted by Crippen LogP contribution is -2.29. The van der Waals surface area contributed by atoms with Crippen LogP contribution in [-0.4, -0.2) is 0 Å². The van der Waals surface area contributed by atoms with E-state index in [0.717, 1.165) is 17.1 Å². The van der Waals surface area contributed by atoms with Crippen molar-refractivity contribution in [3.05, 3.63) is 316 Å². The molecule has 1 unspecified atom stereocenters. The number of hydrogen-bond acceptors (Lipinski definition) is 1. The molecule has 81 heavy (non-hydrogen) atoms. The fraction of sp³-hybridized carbons (Fsp3) is 0.175. The Labute approximate surface area is 480 Å². The molecule has 1 heteroatoms. The molecule has 0 heterocycles. The van der Waals surface area contributed by atoms with Gasteiger partial charge in [-0.3, -0.25) is 0 Å². The Morgan fingerprint density at radius 3 is 1.38 bits per heavy atom. The zero-order chi connectivity index (χ0) is 55.6. The smallest absolute Gasteiger partial charge is 0.0714 e. The van der Waals surface area contributed by atoms with Gasteiger partial charge in [0.05, 0.1) is 11.1 Å². The predicted octanol–water partition coefficient (Wildman–Crippen LogP) is 21.1. The molecule has 0 spiro atoms. The van der Waals surface area contributed by atoms with Crippen LogP contribution in [0.15, 0.2) is 255 Å². The predicted molar refractivity (Wildman–Crippen MR) is 342 cm³/mol. The fourth-order valence-electron chi connectivity index (χ4n) is 14.7. The highest BCUT2D eigenvalue weighted by Crippen LogP contribution is 2.61. The van der Waals surface area contributed by atoms with Crippen molar-refractivity contribution in [1.29, 1.82) is 0 Å². The Morgan fingerprint density at radius 2 is 0.765 bits per heavy atom. The van der Waals surface area contributed by atoms with Gasteiger partial charge < -0.3 is 4.90 Å². The number of fused-ring (bicyclic) bond motifs is 9. The second-order valence-corrected chi connectivity index (χ2v) is 25.7. The summed E-state index contributed by atoms with van der Waals surface area (Å²) >= 11 is 0. The topological polar surface area (TPSA) is 3.24 Å². The molecule has 0 N–H and O–H groups in total. The summed E-state index contributed by atoms with van der Waals surface area (Å²) < 4.78 is 0. The summed E-state index contributed by atoms with van der Waals surface area (Å²) in [6.45, 7) is 21.1. The highest BCUT2D eigenvalue weighted by Gasteiger charge is 2.48. The van der Waals surface area contributed by atoms with Crippen molar-refractivity contribution in [2.75, 3.05) is 4.90 Å². The van der Waals surface area contributed by atoms with E-state index >= 15 is 0 Å². The van der Waals surface area contributed by atoms with Crippen molar-refractivity contribution in [1.82, 2.24) is 0 Å². The third kappa shape index (κ3) is 7.58. The maximum atomic E-state index is 2.56. The summed E-state index contributed by atoms with van der Waals surface area (Å²) in [7, 11) is 0. The molecule has 0 bridgehead atoms. The average molecular weight is 1040 g/mol. The van der Waals surface area contributed by atoms with Gasteiger partial charge in [0, 0.05) is 27.8 Å². The second-order valence-electron chi connectivity index (χ2n) is 25.7. The zero-order valence-electron chi connectivity index (χ0n) is 48.2. The fourth-order valence-corrected chi connectivity index (χ4v) is 14.7. The third-order valence-corrected chi connectivity index (χ3v) is 18.8. The first kappa shape index (κ1) is 50.4. The van der Waals surface area contributed by atoms with Crippen LogP contribution in [0.5, 0.6) is 0 Å². The molecule has 1 atom stereocenters. The van der Waals surface area contributed by atoms with Crippen LogP contribution in [0.2, 0.25) is 0 Å². The van der Waals surface area contributed by atoms with Crippen LogP contribution in [0.25, 0.3) is 55.6 Å². The summed E-state index contributed by atoms with van der Waals surface area (Å²) in [5.41, 5.74) is 29.4. The van der Waals surface area contributed by atoms with Gasteiger partial charge in [0.25, 0.3) is 0 Å². The lowest BCUT2D eigenvalue weighted by Gasteiger charge is -2.35. The zero-order valence-corrected chi connectivity index (χ0v) is 48.2. The summed E-state index contributed by atoms with van der Waals surface area (Å²) in [6, 6.07) is 97.2. The molecule has 0 aliphatic heterocycles. The molecular formula is C80H69N. The van der Waals surface area contributed by atoms with E-state index in [1.165, 1.54) is 117 Å². The van der Waals surface area contributed by atoms with Gasteiger partial charge in [-0.05, 0) is 159 Å².